The molecule has 0 atom stereocenters. The maximum atomic E-state index is 13.0. The summed E-state index contributed by atoms with van der Waals surface area (Å²) in [6, 6.07) is 18.9. The summed E-state index contributed by atoms with van der Waals surface area (Å²) < 4.78 is 10.6. The molecule has 1 heterocycles. The largest absolute Gasteiger partial charge is 0.462 e. The lowest BCUT2D eigenvalue weighted by Crippen LogP contribution is -2.29. The Balaban J connectivity index is 1.48. The topological polar surface area (TPSA) is 90.0 Å². The lowest BCUT2D eigenvalue weighted by atomic mass is 10.1. The Morgan fingerprint density at radius 1 is 0.765 bits per heavy atom. The summed E-state index contributed by atoms with van der Waals surface area (Å²) in [6.07, 6.45) is 2.82. The van der Waals surface area contributed by atoms with Gasteiger partial charge in [-0.2, -0.15) is 0 Å². The molecular formula is C27H23NO6. The minimum Gasteiger partial charge on any atom is -0.462 e. The van der Waals surface area contributed by atoms with Gasteiger partial charge in [-0.05, 0) is 61.0 Å². The van der Waals surface area contributed by atoms with E-state index in [4.69, 9.17) is 9.47 Å². The third kappa shape index (κ3) is 4.73. The summed E-state index contributed by atoms with van der Waals surface area (Å²) in [5, 5.41) is 0. The average Bonchev–Trinajstić information content (AvgIpc) is 3.11. The lowest BCUT2D eigenvalue weighted by Gasteiger charge is -2.14. The van der Waals surface area contributed by atoms with Crippen LogP contribution >= 0.6 is 0 Å². The number of carbonyl (C=O) groups is 4. The van der Waals surface area contributed by atoms with Crippen LogP contribution in [0, 0.1) is 0 Å². The van der Waals surface area contributed by atoms with Crippen molar-refractivity contribution in [2.24, 2.45) is 0 Å². The van der Waals surface area contributed by atoms with Crippen molar-refractivity contribution in [2.75, 3.05) is 11.5 Å². The van der Waals surface area contributed by atoms with Crippen LogP contribution in [-0.4, -0.2) is 30.4 Å². The molecule has 34 heavy (non-hydrogen) atoms. The zero-order chi connectivity index (χ0) is 24.1. The molecule has 0 fully saturated rings. The highest BCUT2D eigenvalue weighted by atomic mass is 16.5. The molecule has 172 valence electrons. The molecule has 7 nitrogen and oxygen atoms in total. The molecule has 2 amide bonds. The molecule has 3 aromatic carbocycles. The van der Waals surface area contributed by atoms with Gasteiger partial charge in [0.15, 0.2) is 0 Å². The van der Waals surface area contributed by atoms with E-state index in [0.717, 1.165) is 24.2 Å². The lowest BCUT2D eigenvalue weighted by molar-refractivity contribution is 0.0497. The first-order valence-electron chi connectivity index (χ1n) is 11.1. The van der Waals surface area contributed by atoms with Crippen LogP contribution in [0.15, 0.2) is 72.8 Å². The number of hydrogen-bond acceptors (Lipinski definition) is 6. The van der Waals surface area contributed by atoms with Gasteiger partial charge < -0.3 is 9.47 Å². The Morgan fingerprint density at radius 3 is 2.15 bits per heavy atom. The molecule has 7 heteroatoms. The molecule has 4 rings (SSSR count). The number of fused-ring (bicyclic) bond motifs is 1. The highest BCUT2D eigenvalue weighted by Gasteiger charge is 2.37. The van der Waals surface area contributed by atoms with Crippen LogP contribution in [-0.2, 0) is 4.74 Å². The quantitative estimate of drug-likeness (QED) is 0.203. The molecule has 0 bridgehead atoms. The molecule has 0 aromatic heterocycles. The number of para-hydroxylation sites is 1. The van der Waals surface area contributed by atoms with Crippen molar-refractivity contribution in [3.05, 3.63) is 95.1 Å². The van der Waals surface area contributed by atoms with Gasteiger partial charge in [-0.25, -0.2) is 14.5 Å². The predicted octanol–water partition coefficient (Wildman–Crippen LogP) is 5.05. The fourth-order valence-corrected chi connectivity index (χ4v) is 3.60. The van der Waals surface area contributed by atoms with Crippen LogP contribution < -0.4 is 9.64 Å². The molecule has 0 saturated heterocycles. The van der Waals surface area contributed by atoms with Crippen molar-refractivity contribution in [1.29, 1.82) is 0 Å². The SMILES string of the molecule is CCCCCOC(=O)c1ccc(N2C(=O)c3ccc(C(=O)Oc4ccccc4)cc3C2=O)cc1. The number of anilines is 1. The number of ether oxygens (including phenoxy) is 2. The zero-order valence-corrected chi connectivity index (χ0v) is 18.7. The molecule has 1 aliphatic heterocycles. The second-order valence-electron chi connectivity index (χ2n) is 7.80. The third-order valence-corrected chi connectivity index (χ3v) is 5.42. The van der Waals surface area contributed by atoms with Crippen molar-refractivity contribution >= 4 is 29.4 Å². The van der Waals surface area contributed by atoms with Crippen molar-refractivity contribution in [3.63, 3.8) is 0 Å². The van der Waals surface area contributed by atoms with Gasteiger partial charge in [0.1, 0.15) is 5.75 Å². The van der Waals surface area contributed by atoms with Crippen molar-refractivity contribution in [3.8, 4) is 5.75 Å². The summed E-state index contributed by atoms with van der Waals surface area (Å²) in [5.74, 6) is -1.76. The van der Waals surface area contributed by atoms with E-state index in [1.165, 1.54) is 42.5 Å². The second-order valence-corrected chi connectivity index (χ2v) is 7.80. The Bertz CT molecular complexity index is 1230. The summed E-state index contributed by atoms with van der Waals surface area (Å²) in [7, 11) is 0. The number of nitrogens with zero attached hydrogens (tertiary/aromatic N) is 1. The summed E-state index contributed by atoms with van der Waals surface area (Å²) in [6.45, 7) is 2.42. The second kappa shape index (κ2) is 10.1. The van der Waals surface area contributed by atoms with E-state index >= 15 is 0 Å². The van der Waals surface area contributed by atoms with Gasteiger partial charge in [-0.3, -0.25) is 9.59 Å². The Labute approximate surface area is 196 Å². The maximum absolute atomic E-state index is 13.0. The van der Waals surface area contributed by atoms with Crippen molar-refractivity contribution in [1.82, 2.24) is 0 Å². The summed E-state index contributed by atoms with van der Waals surface area (Å²) >= 11 is 0. The standard InChI is InChI=1S/C27H23NO6/c1-2-3-7-16-33-26(31)18-10-13-20(14-11-18)28-24(29)22-15-12-19(17-23(22)25(28)30)27(32)34-21-8-5-4-6-9-21/h4-6,8-15,17H,2-3,7,16H2,1H3. The van der Waals surface area contributed by atoms with Crippen LogP contribution in [0.4, 0.5) is 5.69 Å². The van der Waals surface area contributed by atoms with Crippen LogP contribution in [0.1, 0.15) is 67.6 Å². The first kappa shape index (κ1) is 22.9. The van der Waals surface area contributed by atoms with Crippen molar-refractivity contribution in [2.45, 2.75) is 26.2 Å². The van der Waals surface area contributed by atoms with Crippen LogP contribution in [0.3, 0.4) is 0 Å². The molecule has 0 spiro atoms. The van der Waals surface area contributed by atoms with Gasteiger partial charge in [-0.1, -0.05) is 38.0 Å². The number of imide groups is 1. The number of amides is 2. The highest BCUT2D eigenvalue weighted by Crippen LogP contribution is 2.29. The number of benzene rings is 3. The fraction of sp³-hybridized carbons (Fsp3) is 0.185. The van der Waals surface area contributed by atoms with Crippen LogP contribution in [0.2, 0.25) is 0 Å². The Hall–Kier alpha value is -4.26. The molecule has 0 unspecified atom stereocenters. The van der Waals surface area contributed by atoms with Gasteiger partial charge in [0.25, 0.3) is 11.8 Å². The highest BCUT2D eigenvalue weighted by molar-refractivity contribution is 6.34. The number of carbonyl (C=O) groups excluding carboxylic acids is 4. The number of unbranched alkanes of at least 4 members (excludes halogenated alkanes) is 2. The van der Waals surface area contributed by atoms with E-state index in [0.29, 0.717) is 23.6 Å². The van der Waals surface area contributed by atoms with E-state index < -0.39 is 23.8 Å². The predicted molar refractivity (Wildman–Crippen MR) is 125 cm³/mol. The average molecular weight is 457 g/mol. The zero-order valence-electron chi connectivity index (χ0n) is 18.7. The number of esters is 2. The Kier molecular flexibility index (Phi) is 6.82. The van der Waals surface area contributed by atoms with Crippen LogP contribution in [0.5, 0.6) is 5.75 Å². The first-order chi connectivity index (χ1) is 16.5. The van der Waals surface area contributed by atoms with E-state index in [2.05, 4.69) is 6.92 Å². The molecular weight excluding hydrogens is 434 g/mol. The van der Waals surface area contributed by atoms with Gasteiger partial charge in [0.2, 0.25) is 0 Å². The Morgan fingerprint density at radius 2 is 1.44 bits per heavy atom. The molecule has 1 aliphatic rings. The molecule has 0 saturated carbocycles. The van der Waals surface area contributed by atoms with Crippen molar-refractivity contribution < 1.29 is 28.7 Å². The number of hydrogen-bond donors (Lipinski definition) is 0. The van der Waals surface area contributed by atoms with E-state index in [-0.39, 0.29) is 16.7 Å². The molecule has 0 radical (unpaired) electrons. The van der Waals surface area contributed by atoms with Gasteiger partial charge in [0.05, 0.1) is 34.5 Å². The first-order valence-corrected chi connectivity index (χ1v) is 11.1. The monoisotopic (exact) mass is 457 g/mol. The van der Waals surface area contributed by atoms with E-state index in [9.17, 15) is 19.2 Å². The van der Waals surface area contributed by atoms with Gasteiger partial charge in [0, 0.05) is 0 Å². The molecule has 0 N–H and O–H groups in total. The minimum atomic E-state index is -0.630. The smallest absolute Gasteiger partial charge is 0.343 e. The minimum absolute atomic E-state index is 0.118. The molecule has 0 aliphatic carbocycles. The van der Waals surface area contributed by atoms with Gasteiger partial charge >= 0.3 is 11.9 Å². The fourth-order valence-electron chi connectivity index (χ4n) is 3.60. The van der Waals surface area contributed by atoms with Gasteiger partial charge in [-0.15, -0.1) is 0 Å². The summed E-state index contributed by atoms with van der Waals surface area (Å²) in [5.41, 5.74) is 1.13. The number of rotatable bonds is 8. The van der Waals surface area contributed by atoms with E-state index in [1.54, 1.807) is 30.3 Å². The van der Waals surface area contributed by atoms with E-state index in [1.807, 2.05) is 0 Å². The third-order valence-electron chi connectivity index (χ3n) is 5.42. The molecule has 3 aromatic rings. The summed E-state index contributed by atoms with van der Waals surface area (Å²) in [4.78, 5) is 51.6. The normalized spacial score (nSPS) is 12.4. The van der Waals surface area contributed by atoms with Crippen LogP contribution in [0.25, 0.3) is 0 Å². The maximum Gasteiger partial charge on any atom is 0.343 e.